The van der Waals surface area contributed by atoms with Crippen molar-refractivity contribution < 1.29 is 9.53 Å². The smallest absolute Gasteiger partial charge is 0.407 e. The minimum Gasteiger partial charge on any atom is -0.444 e. The van der Waals surface area contributed by atoms with Gasteiger partial charge >= 0.3 is 6.09 Å². The zero-order valence-electron chi connectivity index (χ0n) is 8.96. The zero-order valence-corrected chi connectivity index (χ0v) is 8.96. The van der Waals surface area contributed by atoms with Crippen molar-refractivity contribution in [1.82, 2.24) is 10.6 Å². The number of carbonyl (C=O) groups is 1. The van der Waals surface area contributed by atoms with E-state index in [1.807, 2.05) is 20.8 Å². The highest BCUT2D eigenvalue weighted by molar-refractivity contribution is 5.68. The second-order valence-corrected chi connectivity index (χ2v) is 5.16. The van der Waals surface area contributed by atoms with Crippen molar-refractivity contribution in [1.29, 1.82) is 0 Å². The van der Waals surface area contributed by atoms with Crippen molar-refractivity contribution in [2.75, 3.05) is 13.1 Å². The van der Waals surface area contributed by atoms with Gasteiger partial charge in [-0.3, -0.25) is 0 Å². The monoisotopic (exact) mass is 198 g/mol. The topological polar surface area (TPSA) is 50.4 Å². The first kappa shape index (κ1) is 9.77. The third-order valence-corrected chi connectivity index (χ3v) is 2.78. The Balaban J connectivity index is 1.74. The first-order valence-corrected chi connectivity index (χ1v) is 5.17. The van der Waals surface area contributed by atoms with Gasteiger partial charge in [0.25, 0.3) is 0 Å². The van der Waals surface area contributed by atoms with Crippen LogP contribution in [0.3, 0.4) is 0 Å². The lowest BCUT2D eigenvalue weighted by atomic mass is 10.2. The van der Waals surface area contributed by atoms with Crippen molar-refractivity contribution in [2.24, 2.45) is 11.8 Å². The molecule has 0 aromatic carbocycles. The maximum absolute atomic E-state index is 11.4. The zero-order chi connectivity index (χ0) is 10.3. The number of nitrogens with one attached hydrogen (secondary N) is 2. The molecule has 1 aliphatic carbocycles. The summed E-state index contributed by atoms with van der Waals surface area (Å²) >= 11 is 0. The largest absolute Gasteiger partial charge is 0.444 e. The first-order valence-electron chi connectivity index (χ1n) is 5.17. The van der Waals surface area contributed by atoms with Crippen LogP contribution in [0.1, 0.15) is 20.8 Å². The maximum Gasteiger partial charge on any atom is 0.407 e. The molecule has 1 heterocycles. The molecule has 4 nitrogen and oxygen atoms in total. The molecule has 2 aliphatic rings. The SMILES string of the molecule is CC(C)(C)OC(=O)NC1[C@@H]2CNC[C@@H]12. The summed E-state index contributed by atoms with van der Waals surface area (Å²) in [6.07, 6.45) is -0.281. The molecule has 1 saturated carbocycles. The van der Waals surface area contributed by atoms with Gasteiger partial charge in [-0.25, -0.2) is 4.79 Å². The van der Waals surface area contributed by atoms with E-state index in [0.29, 0.717) is 17.9 Å². The van der Waals surface area contributed by atoms with E-state index in [-0.39, 0.29) is 6.09 Å². The lowest BCUT2D eigenvalue weighted by molar-refractivity contribution is 0.0518. The Morgan fingerprint density at radius 1 is 1.36 bits per heavy atom. The average Bonchev–Trinajstić information content (AvgIpc) is 2.50. The van der Waals surface area contributed by atoms with Crippen LogP contribution in [0.2, 0.25) is 0 Å². The molecule has 0 aromatic heterocycles. The number of hydrogen-bond donors (Lipinski definition) is 2. The Morgan fingerprint density at radius 3 is 2.43 bits per heavy atom. The third-order valence-electron chi connectivity index (χ3n) is 2.78. The van der Waals surface area contributed by atoms with Gasteiger partial charge in [0.15, 0.2) is 0 Å². The molecule has 0 spiro atoms. The summed E-state index contributed by atoms with van der Waals surface area (Å²) in [6.45, 7) is 7.70. The number of carbonyl (C=O) groups excluding carboxylic acids is 1. The van der Waals surface area contributed by atoms with E-state index < -0.39 is 5.60 Å². The Bertz CT molecular complexity index is 237. The minimum atomic E-state index is -0.396. The molecule has 0 bridgehead atoms. The number of hydrogen-bond acceptors (Lipinski definition) is 3. The second-order valence-electron chi connectivity index (χ2n) is 5.16. The van der Waals surface area contributed by atoms with Gasteiger partial charge in [0.2, 0.25) is 0 Å². The number of rotatable bonds is 1. The Kier molecular flexibility index (Phi) is 2.18. The molecule has 2 fully saturated rings. The van der Waals surface area contributed by atoms with E-state index in [1.54, 1.807) is 0 Å². The molecular weight excluding hydrogens is 180 g/mol. The fraction of sp³-hybridized carbons (Fsp3) is 0.900. The third kappa shape index (κ3) is 2.00. The number of piperidine rings is 1. The van der Waals surface area contributed by atoms with Crippen LogP contribution in [-0.4, -0.2) is 30.8 Å². The molecule has 4 heteroatoms. The van der Waals surface area contributed by atoms with E-state index >= 15 is 0 Å². The van der Waals surface area contributed by atoms with Crippen molar-refractivity contribution in [3.63, 3.8) is 0 Å². The molecule has 80 valence electrons. The molecule has 0 unspecified atom stereocenters. The predicted molar refractivity (Wildman–Crippen MR) is 53.0 cm³/mol. The second kappa shape index (κ2) is 3.12. The molecule has 0 aromatic rings. The van der Waals surface area contributed by atoms with Crippen LogP contribution in [0, 0.1) is 11.8 Å². The maximum atomic E-state index is 11.4. The molecule has 2 atom stereocenters. The van der Waals surface area contributed by atoms with Crippen molar-refractivity contribution in [3.8, 4) is 0 Å². The fourth-order valence-corrected chi connectivity index (χ4v) is 2.08. The summed E-state index contributed by atoms with van der Waals surface area (Å²) in [5.74, 6) is 1.28. The Morgan fingerprint density at radius 2 is 1.93 bits per heavy atom. The lowest BCUT2D eigenvalue weighted by Crippen LogP contribution is -2.37. The standard InChI is InChI=1S/C10H18N2O2/c1-10(2,3)14-9(13)12-8-6-4-11-5-7(6)8/h6-8,11H,4-5H2,1-3H3,(H,12,13)/t6-,7-/m1/s1. The van der Waals surface area contributed by atoms with Gasteiger partial charge < -0.3 is 15.4 Å². The van der Waals surface area contributed by atoms with Gasteiger partial charge in [-0.15, -0.1) is 0 Å². The normalized spacial score (nSPS) is 34.9. The van der Waals surface area contributed by atoms with Gasteiger partial charge in [-0.05, 0) is 32.6 Å². The molecule has 1 saturated heterocycles. The average molecular weight is 198 g/mol. The number of amides is 1. The molecule has 14 heavy (non-hydrogen) atoms. The number of fused-ring (bicyclic) bond motifs is 1. The Hall–Kier alpha value is -0.770. The van der Waals surface area contributed by atoms with Gasteiger partial charge in [0.1, 0.15) is 5.60 Å². The summed E-state index contributed by atoms with van der Waals surface area (Å²) in [4.78, 5) is 11.4. The molecular formula is C10H18N2O2. The number of alkyl carbamates (subject to hydrolysis) is 1. The minimum absolute atomic E-state index is 0.281. The lowest BCUT2D eigenvalue weighted by Gasteiger charge is -2.20. The van der Waals surface area contributed by atoms with Crippen LogP contribution in [-0.2, 0) is 4.74 Å². The summed E-state index contributed by atoms with van der Waals surface area (Å²) in [7, 11) is 0. The molecule has 1 amide bonds. The van der Waals surface area contributed by atoms with E-state index in [0.717, 1.165) is 13.1 Å². The van der Waals surface area contributed by atoms with Gasteiger partial charge in [-0.1, -0.05) is 0 Å². The fourth-order valence-electron chi connectivity index (χ4n) is 2.08. The van der Waals surface area contributed by atoms with Gasteiger partial charge in [0.05, 0.1) is 0 Å². The van der Waals surface area contributed by atoms with Crippen LogP contribution in [0.25, 0.3) is 0 Å². The van der Waals surface area contributed by atoms with Crippen LogP contribution in [0.15, 0.2) is 0 Å². The van der Waals surface area contributed by atoms with Crippen LogP contribution >= 0.6 is 0 Å². The van der Waals surface area contributed by atoms with Crippen molar-refractivity contribution >= 4 is 6.09 Å². The summed E-state index contributed by atoms with van der Waals surface area (Å²) in [6, 6.07) is 0.353. The predicted octanol–water partition coefficient (Wildman–Crippen LogP) is 0.729. The van der Waals surface area contributed by atoms with E-state index in [9.17, 15) is 4.79 Å². The van der Waals surface area contributed by atoms with Crippen LogP contribution in [0.5, 0.6) is 0 Å². The summed E-state index contributed by atoms with van der Waals surface area (Å²) in [5.41, 5.74) is -0.396. The molecule has 2 N–H and O–H groups in total. The molecule has 0 radical (unpaired) electrons. The number of ether oxygens (including phenoxy) is 1. The van der Waals surface area contributed by atoms with Crippen LogP contribution < -0.4 is 10.6 Å². The summed E-state index contributed by atoms with van der Waals surface area (Å²) in [5, 5.41) is 6.19. The quantitative estimate of drug-likeness (QED) is 0.653. The first-order chi connectivity index (χ1) is 6.47. The van der Waals surface area contributed by atoms with Gasteiger partial charge in [0, 0.05) is 19.1 Å². The van der Waals surface area contributed by atoms with E-state index in [1.165, 1.54) is 0 Å². The Labute approximate surface area is 84.4 Å². The summed E-state index contributed by atoms with van der Waals surface area (Å²) < 4.78 is 5.18. The highest BCUT2D eigenvalue weighted by atomic mass is 16.6. The van der Waals surface area contributed by atoms with E-state index in [2.05, 4.69) is 10.6 Å². The molecule has 2 rings (SSSR count). The van der Waals surface area contributed by atoms with Gasteiger partial charge in [-0.2, -0.15) is 0 Å². The molecule has 1 aliphatic heterocycles. The highest BCUT2D eigenvalue weighted by Crippen LogP contribution is 2.41. The van der Waals surface area contributed by atoms with Crippen LogP contribution in [0.4, 0.5) is 4.79 Å². The van der Waals surface area contributed by atoms with Crippen molar-refractivity contribution in [3.05, 3.63) is 0 Å². The highest BCUT2D eigenvalue weighted by Gasteiger charge is 2.54. The van der Waals surface area contributed by atoms with Crippen molar-refractivity contribution in [2.45, 2.75) is 32.4 Å². The van der Waals surface area contributed by atoms with E-state index in [4.69, 9.17) is 4.74 Å².